The first-order valence-electron chi connectivity index (χ1n) is 9.15. The molecule has 0 aliphatic carbocycles. The number of carbonyl (C=O) groups is 1. The number of hydrogen-bond acceptors (Lipinski definition) is 2. The van der Waals surface area contributed by atoms with Crippen LogP contribution in [0.3, 0.4) is 0 Å². The van der Waals surface area contributed by atoms with E-state index in [0.29, 0.717) is 5.92 Å². The lowest BCUT2D eigenvalue weighted by atomic mass is 9.84. The lowest BCUT2D eigenvalue weighted by molar-refractivity contribution is -0.117. The molecular formula is C22H24N2O. The molecular weight excluding hydrogens is 308 g/mol. The molecule has 3 fully saturated rings. The third kappa shape index (κ3) is 3.67. The molecule has 0 saturated carbocycles. The highest BCUT2D eigenvalue weighted by molar-refractivity contribution is 6.24. The van der Waals surface area contributed by atoms with Crippen molar-refractivity contribution in [3.05, 3.63) is 71.8 Å². The largest absolute Gasteiger partial charge is 0.348 e. The fourth-order valence-corrected chi connectivity index (χ4v) is 3.99. The first-order valence-corrected chi connectivity index (χ1v) is 9.15. The van der Waals surface area contributed by atoms with Crippen molar-refractivity contribution in [1.29, 1.82) is 0 Å². The van der Waals surface area contributed by atoms with Gasteiger partial charge in [-0.15, -0.1) is 0 Å². The number of fused-ring (bicyclic) bond motifs is 3. The third-order valence-corrected chi connectivity index (χ3v) is 5.41. The fourth-order valence-electron chi connectivity index (χ4n) is 3.99. The van der Waals surface area contributed by atoms with Crippen molar-refractivity contribution in [1.82, 2.24) is 10.2 Å². The van der Waals surface area contributed by atoms with Crippen LogP contribution in [0.25, 0.3) is 11.6 Å². The van der Waals surface area contributed by atoms with Crippen LogP contribution in [0.1, 0.15) is 24.0 Å². The number of carbonyl (C=O) groups excluding carboxylic acids is 1. The minimum Gasteiger partial charge on any atom is -0.348 e. The summed E-state index contributed by atoms with van der Waals surface area (Å²) in [4.78, 5) is 15.6. The second kappa shape index (κ2) is 7.24. The summed E-state index contributed by atoms with van der Waals surface area (Å²) in [6, 6.07) is 20.3. The quantitative estimate of drug-likeness (QED) is 0.687. The molecule has 3 aliphatic heterocycles. The van der Waals surface area contributed by atoms with E-state index in [9.17, 15) is 4.79 Å². The first-order chi connectivity index (χ1) is 12.3. The Kier molecular flexibility index (Phi) is 4.66. The molecule has 5 rings (SSSR count). The van der Waals surface area contributed by atoms with Crippen LogP contribution in [0, 0.1) is 5.92 Å². The molecule has 3 heteroatoms. The van der Waals surface area contributed by atoms with E-state index in [4.69, 9.17) is 0 Å². The molecule has 2 aromatic rings. The maximum absolute atomic E-state index is 13.1. The molecule has 1 N–H and O–H groups in total. The van der Waals surface area contributed by atoms with E-state index in [0.717, 1.165) is 23.2 Å². The van der Waals surface area contributed by atoms with Gasteiger partial charge in [0.25, 0.3) is 5.91 Å². The van der Waals surface area contributed by atoms with Crippen LogP contribution in [-0.4, -0.2) is 36.5 Å². The zero-order chi connectivity index (χ0) is 17.1. The summed E-state index contributed by atoms with van der Waals surface area (Å²) in [7, 11) is 0. The van der Waals surface area contributed by atoms with E-state index in [2.05, 4.69) is 10.2 Å². The Balaban J connectivity index is 1.59. The second-order valence-corrected chi connectivity index (χ2v) is 7.05. The molecule has 1 atom stereocenters. The van der Waals surface area contributed by atoms with Crippen molar-refractivity contribution in [2.75, 3.05) is 19.6 Å². The van der Waals surface area contributed by atoms with Gasteiger partial charge in [-0.25, -0.2) is 0 Å². The molecule has 1 amide bonds. The van der Waals surface area contributed by atoms with Gasteiger partial charge in [0.1, 0.15) is 0 Å². The van der Waals surface area contributed by atoms with Gasteiger partial charge in [-0.2, -0.15) is 0 Å². The highest BCUT2D eigenvalue weighted by Gasteiger charge is 2.35. The van der Waals surface area contributed by atoms with Gasteiger partial charge in [-0.3, -0.25) is 4.79 Å². The Morgan fingerprint density at radius 3 is 2.20 bits per heavy atom. The molecule has 1 unspecified atom stereocenters. The lowest BCUT2D eigenvalue weighted by Gasteiger charge is -2.45. The zero-order valence-corrected chi connectivity index (χ0v) is 14.4. The maximum Gasteiger partial charge on any atom is 0.252 e. The lowest BCUT2D eigenvalue weighted by Crippen LogP contribution is -2.57. The minimum atomic E-state index is 0.0359. The van der Waals surface area contributed by atoms with Gasteiger partial charge in [0.15, 0.2) is 0 Å². The highest BCUT2D eigenvalue weighted by Crippen LogP contribution is 2.28. The molecule has 0 spiro atoms. The van der Waals surface area contributed by atoms with Gasteiger partial charge in [-0.05, 0) is 49.1 Å². The summed E-state index contributed by atoms with van der Waals surface area (Å²) in [6.07, 6.45) is 4.40. The van der Waals surface area contributed by atoms with Gasteiger partial charge in [0, 0.05) is 18.2 Å². The van der Waals surface area contributed by atoms with Crippen LogP contribution in [0.4, 0.5) is 0 Å². The summed E-state index contributed by atoms with van der Waals surface area (Å²) >= 11 is 0. The summed E-state index contributed by atoms with van der Waals surface area (Å²) in [5, 5.41) is 3.32. The van der Waals surface area contributed by atoms with Crippen LogP contribution in [0.5, 0.6) is 0 Å². The van der Waals surface area contributed by atoms with Crippen molar-refractivity contribution in [3.63, 3.8) is 0 Å². The molecule has 2 bridgehead atoms. The summed E-state index contributed by atoms with van der Waals surface area (Å²) in [5.74, 6) is 0.663. The number of amides is 1. The van der Waals surface area contributed by atoms with Gasteiger partial charge in [0.2, 0.25) is 0 Å². The summed E-state index contributed by atoms with van der Waals surface area (Å²) in [6.45, 7) is 3.36. The SMILES string of the molecule is O=C(NC1CN2CCC1CC2)/C(=C/c1ccccc1)c1ccccc1. The van der Waals surface area contributed by atoms with E-state index in [1.165, 1.54) is 25.9 Å². The molecule has 128 valence electrons. The average Bonchev–Trinajstić information content (AvgIpc) is 2.68. The molecule has 0 radical (unpaired) electrons. The number of benzene rings is 2. The van der Waals surface area contributed by atoms with Crippen molar-refractivity contribution >= 4 is 17.6 Å². The van der Waals surface area contributed by atoms with Gasteiger partial charge >= 0.3 is 0 Å². The highest BCUT2D eigenvalue weighted by atomic mass is 16.1. The molecule has 3 heterocycles. The smallest absolute Gasteiger partial charge is 0.252 e. The predicted molar refractivity (Wildman–Crippen MR) is 102 cm³/mol. The van der Waals surface area contributed by atoms with Crippen molar-refractivity contribution < 1.29 is 4.79 Å². The van der Waals surface area contributed by atoms with Crippen LogP contribution in [0.15, 0.2) is 60.7 Å². The van der Waals surface area contributed by atoms with E-state index in [1.807, 2.05) is 66.7 Å². The standard InChI is InChI=1S/C22H24N2O/c25-22(23-21-16-24-13-11-19(21)12-14-24)20(18-9-5-2-6-10-18)15-17-7-3-1-4-8-17/h1-10,15,19,21H,11-14,16H2,(H,23,25)/b20-15+. The van der Waals surface area contributed by atoms with Crippen molar-refractivity contribution in [2.24, 2.45) is 5.92 Å². The fraction of sp³-hybridized carbons (Fsp3) is 0.318. The van der Waals surface area contributed by atoms with E-state index >= 15 is 0 Å². The maximum atomic E-state index is 13.1. The predicted octanol–water partition coefficient (Wildman–Crippen LogP) is 3.44. The van der Waals surface area contributed by atoms with Crippen LogP contribution in [0.2, 0.25) is 0 Å². The molecule has 3 nitrogen and oxygen atoms in total. The van der Waals surface area contributed by atoms with E-state index in [1.54, 1.807) is 0 Å². The molecule has 25 heavy (non-hydrogen) atoms. The summed E-state index contributed by atoms with van der Waals surface area (Å²) in [5.41, 5.74) is 2.75. The first kappa shape index (κ1) is 16.1. The number of nitrogens with zero attached hydrogens (tertiary/aromatic N) is 1. The molecule has 0 aromatic heterocycles. The van der Waals surface area contributed by atoms with Gasteiger partial charge < -0.3 is 10.2 Å². The molecule has 2 aromatic carbocycles. The minimum absolute atomic E-state index is 0.0359. The van der Waals surface area contributed by atoms with Crippen molar-refractivity contribution in [3.8, 4) is 0 Å². The third-order valence-electron chi connectivity index (χ3n) is 5.41. The number of piperidine rings is 3. The Bertz CT molecular complexity index is 746. The molecule has 3 aliphatic rings. The van der Waals surface area contributed by atoms with Crippen LogP contribution in [-0.2, 0) is 4.79 Å². The Morgan fingerprint density at radius 1 is 0.960 bits per heavy atom. The van der Waals surface area contributed by atoms with Crippen molar-refractivity contribution in [2.45, 2.75) is 18.9 Å². The Hall–Kier alpha value is -2.39. The van der Waals surface area contributed by atoms with Crippen LogP contribution < -0.4 is 5.32 Å². The number of rotatable bonds is 4. The Labute approximate surface area is 149 Å². The normalized spacial score (nSPS) is 25.6. The second-order valence-electron chi connectivity index (χ2n) is 7.05. The van der Waals surface area contributed by atoms with Gasteiger partial charge in [0.05, 0.1) is 0 Å². The molecule has 3 saturated heterocycles. The van der Waals surface area contributed by atoms with Gasteiger partial charge in [-0.1, -0.05) is 60.7 Å². The topological polar surface area (TPSA) is 32.3 Å². The average molecular weight is 332 g/mol. The number of nitrogens with one attached hydrogen (secondary N) is 1. The van der Waals surface area contributed by atoms with Crippen LogP contribution >= 0.6 is 0 Å². The van der Waals surface area contributed by atoms with E-state index < -0.39 is 0 Å². The summed E-state index contributed by atoms with van der Waals surface area (Å²) < 4.78 is 0. The Morgan fingerprint density at radius 2 is 1.60 bits per heavy atom. The zero-order valence-electron chi connectivity index (χ0n) is 14.4. The number of hydrogen-bond donors (Lipinski definition) is 1. The monoisotopic (exact) mass is 332 g/mol. The van der Waals surface area contributed by atoms with E-state index in [-0.39, 0.29) is 11.9 Å².